The van der Waals surface area contributed by atoms with Crippen molar-refractivity contribution in [2.45, 2.75) is 51.5 Å². The van der Waals surface area contributed by atoms with Crippen molar-refractivity contribution in [2.75, 3.05) is 13.6 Å². The Hall–Kier alpha value is -0.550. The van der Waals surface area contributed by atoms with Crippen molar-refractivity contribution in [3.8, 4) is 6.19 Å². The van der Waals surface area contributed by atoms with Crippen LogP contribution in [0.15, 0.2) is 0 Å². The molecule has 1 saturated heterocycles. The number of hydrogen-bond donors (Lipinski definition) is 0. The summed E-state index contributed by atoms with van der Waals surface area (Å²) in [4.78, 5) is 0. The summed E-state index contributed by atoms with van der Waals surface area (Å²) < 4.78 is 0.653. The molecule has 0 N–H and O–H groups in total. The summed E-state index contributed by atoms with van der Waals surface area (Å²) >= 11 is 0. The molecule has 1 aliphatic rings. The Kier molecular flexibility index (Phi) is 3.74. The Morgan fingerprint density at radius 3 is 2.85 bits per heavy atom. The fourth-order valence-electron chi connectivity index (χ4n) is 2.29. The van der Waals surface area contributed by atoms with E-state index in [0.717, 1.165) is 6.54 Å². The predicted molar refractivity (Wildman–Crippen MR) is 53.8 cm³/mol. The van der Waals surface area contributed by atoms with E-state index >= 15 is 0 Å². The Morgan fingerprint density at radius 1 is 1.46 bits per heavy atom. The van der Waals surface area contributed by atoms with Crippen molar-refractivity contribution in [1.82, 2.24) is 0 Å². The number of piperidine rings is 1. The molecule has 2 unspecified atom stereocenters. The minimum Gasteiger partial charge on any atom is -0.224 e. The summed E-state index contributed by atoms with van der Waals surface area (Å²) in [6, 6.07) is 0.610. The summed E-state index contributed by atoms with van der Waals surface area (Å²) in [5.41, 5.74) is 0. The van der Waals surface area contributed by atoms with Gasteiger partial charge in [-0.05, 0) is 19.3 Å². The highest BCUT2D eigenvalue weighted by Gasteiger charge is 2.35. The van der Waals surface area contributed by atoms with E-state index < -0.39 is 0 Å². The molecular weight excluding hydrogens is 160 g/mol. The van der Waals surface area contributed by atoms with Crippen LogP contribution in [0.3, 0.4) is 0 Å². The topological polar surface area (TPSA) is 23.8 Å². The van der Waals surface area contributed by atoms with Crippen LogP contribution in [0.5, 0.6) is 0 Å². The summed E-state index contributed by atoms with van der Waals surface area (Å²) in [5.74, 6) is 0. The summed E-state index contributed by atoms with van der Waals surface area (Å²) in [7, 11) is 2.10. The molecule has 13 heavy (non-hydrogen) atoms. The molecule has 0 aromatic carbocycles. The molecule has 0 radical (unpaired) electrons. The second-order valence-electron chi connectivity index (χ2n) is 4.38. The first-order chi connectivity index (χ1) is 6.23. The zero-order valence-electron chi connectivity index (χ0n) is 8.92. The van der Waals surface area contributed by atoms with Crippen LogP contribution >= 0.6 is 0 Å². The molecule has 2 atom stereocenters. The second kappa shape index (κ2) is 4.62. The average molecular weight is 181 g/mol. The van der Waals surface area contributed by atoms with Gasteiger partial charge >= 0.3 is 6.19 Å². The van der Waals surface area contributed by atoms with E-state index in [9.17, 15) is 0 Å². The van der Waals surface area contributed by atoms with Crippen LogP contribution in [-0.2, 0) is 0 Å². The molecule has 1 heterocycles. The van der Waals surface area contributed by atoms with E-state index in [0.29, 0.717) is 10.5 Å². The molecule has 0 aromatic rings. The third kappa shape index (κ3) is 2.45. The molecule has 0 spiro atoms. The number of nitriles is 1. The fraction of sp³-hybridized carbons (Fsp3) is 0.909. The highest BCUT2D eigenvalue weighted by molar-refractivity contribution is 4.71. The third-order valence-corrected chi connectivity index (χ3v) is 3.34. The lowest BCUT2D eigenvalue weighted by Crippen LogP contribution is -2.51. The molecule has 2 nitrogen and oxygen atoms in total. The second-order valence-corrected chi connectivity index (χ2v) is 4.38. The van der Waals surface area contributed by atoms with Gasteiger partial charge < -0.3 is 0 Å². The largest absolute Gasteiger partial charge is 0.308 e. The van der Waals surface area contributed by atoms with Gasteiger partial charge in [-0.25, -0.2) is 4.48 Å². The van der Waals surface area contributed by atoms with Crippen LogP contribution in [-0.4, -0.2) is 24.1 Å². The molecule has 0 aliphatic carbocycles. The van der Waals surface area contributed by atoms with E-state index in [1.165, 1.54) is 38.5 Å². The molecule has 1 rings (SSSR count). The normalized spacial score (nSPS) is 34.1. The minimum absolute atomic E-state index is 0.610. The van der Waals surface area contributed by atoms with Gasteiger partial charge in [-0.3, -0.25) is 0 Å². The maximum Gasteiger partial charge on any atom is 0.308 e. The molecule has 0 bridgehead atoms. The van der Waals surface area contributed by atoms with Crippen LogP contribution in [0, 0.1) is 11.5 Å². The van der Waals surface area contributed by atoms with Gasteiger partial charge in [0, 0.05) is 12.8 Å². The number of rotatable bonds is 3. The zero-order chi connectivity index (χ0) is 9.73. The maximum absolute atomic E-state index is 9.14. The quantitative estimate of drug-likeness (QED) is 0.485. The van der Waals surface area contributed by atoms with E-state index in [1.807, 2.05) is 0 Å². The molecule has 2 heteroatoms. The Morgan fingerprint density at radius 2 is 2.23 bits per heavy atom. The summed E-state index contributed by atoms with van der Waals surface area (Å²) in [6.07, 6.45) is 10.0. The van der Waals surface area contributed by atoms with E-state index in [-0.39, 0.29) is 0 Å². The maximum atomic E-state index is 9.14. The first kappa shape index (κ1) is 10.5. The SMILES string of the molecule is CCCCC1CCCC[N+]1(C)C#N. The van der Waals surface area contributed by atoms with Gasteiger partial charge in [0.15, 0.2) is 0 Å². The van der Waals surface area contributed by atoms with Crippen LogP contribution < -0.4 is 0 Å². The van der Waals surface area contributed by atoms with Gasteiger partial charge in [-0.2, -0.15) is 0 Å². The van der Waals surface area contributed by atoms with Gasteiger partial charge in [-0.1, -0.05) is 13.3 Å². The summed E-state index contributed by atoms with van der Waals surface area (Å²) in [6.45, 7) is 3.28. The number of hydrogen-bond acceptors (Lipinski definition) is 1. The fourth-order valence-corrected chi connectivity index (χ4v) is 2.29. The van der Waals surface area contributed by atoms with Gasteiger partial charge in [0.25, 0.3) is 0 Å². The Balaban J connectivity index is 2.53. The third-order valence-electron chi connectivity index (χ3n) is 3.34. The van der Waals surface area contributed by atoms with Crippen molar-refractivity contribution >= 4 is 0 Å². The van der Waals surface area contributed by atoms with Crippen molar-refractivity contribution in [2.24, 2.45) is 0 Å². The molecule has 0 aromatic heterocycles. The van der Waals surface area contributed by atoms with E-state index in [4.69, 9.17) is 5.26 Å². The van der Waals surface area contributed by atoms with Gasteiger partial charge in [0.1, 0.15) is 6.04 Å². The lowest BCUT2D eigenvalue weighted by Gasteiger charge is -2.37. The Labute approximate surface area is 81.7 Å². The van der Waals surface area contributed by atoms with Crippen LogP contribution in [0.4, 0.5) is 0 Å². The van der Waals surface area contributed by atoms with E-state index in [2.05, 4.69) is 20.2 Å². The standard InChI is InChI=1S/C11H21N2/c1-3-4-7-11-8-5-6-9-13(11,2)10-12/h11H,3-9H2,1-2H3/q+1. The van der Waals surface area contributed by atoms with Crippen LogP contribution in [0.1, 0.15) is 45.4 Å². The van der Waals surface area contributed by atoms with Gasteiger partial charge in [-0.15, -0.1) is 5.26 Å². The Bertz CT molecular complexity index is 195. The highest BCUT2D eigenvalue weighted by atomic mass is 15.3. The number of quaternary nitrogens is 1. The molecule has 1 fully saturated rings. The van der Waals surface area contributed by atoms with Crippen LogP contribution in [0.2, 0.25) is 0 Å². The monoisotopic (exact) mass is 181 g/mol. The smallest absolute Gasteiger partial charge is 0.224 e. The first-order valence-electron chi connectivity index (χ1n) is 5.49. The first-order valence-corrected chi connectivity index (χ1v) is 5.49. The van der Waals surface area contributed by atoms with Crippen molar-refractivity contribution < 1.29 is 4.48 Å². The van der Waals surface area contributed by atoms with Crippen molar-refractivity contribution in [1.29, 1.82) is 5.26 Å². The predicted octanol–water partition coefficient (Wildman–Crippen LogP) is 2.66. The lowest BCUT2D eigenvalue weighted by molar-refractivity contribution is -0.877. The highest BCUT2D eigenvalue weighted by Crippen LogP contribution is 2.26. The number of nitrogens with zero attached hydrogens (tertiary/aromatic N) is 2. The molecule has 0 saturated carbocycles. The molecular formula is C11H21N2+. The van der Waals surface area contributed by atoms with Crippen molar-refractivity contribution in [3.63, 3.8) is 0 Å². The minimum atomic E-state index is 0.610. The number of unbranched alkanes of at least 4 members (excludes halogenated alkanes) is 1. The van der Waals surface area contributed by atoms with Crippen LogP contribution in [0.25, 0.3) is 0 Å². The lowest BCUT2D eigenvalue weighted by atomic mass is 9.95. The molecule has 74 valence electrons. The molecule has 0 amide bonds. The molecule has 1 aliphatic heterocycles. The summed E-state index contributed by atoms with van der Waals surface area (Å²) in [5, 5.41) is 9.14. The van der Waals surface area contributed by atoms with E-state index in [1.54, 1.807) is 0 Å². The average Bonchev–Trinajstić information content (AvgIpc) is 2.17. The number of likely N-dealkylation sites (tertiary alicyclic amines) is 1. The van der Waals surface area contributed by atoms with Crippen molar-refractivity contribution in [3.05, 3.63) is 0 Å². The van der Waals surface area contributed by atoms with Gasteiger partial charge in [0.2, 0.25) is 0 Å². The van der Waals surface area contributed by atoms with Gasteiger partial charge in [0.05, 0.1) is 13.6 Å². The zero-order valence-corrected chi connectivity index (χ0v) is 8.92.